The molecule has 1 aromatic carbocycles. The summed E-state index contributed by atoms with van der Waals surface area (Å²) in [5.74, 6) is 0.537. The van der Waals surface area contributed by atoms with Crippen LogP contribution >= 0.6 is 11.6 Å². The number of aliphatic hydroxyl groups is 1. The molecule has 8 heteroatoms. The Labute approximate surface area is 168 Å². The third-order valence-corrected chi connectivity index (χ3v) is 4.41. The highest BCUT2D eigenvalue weighted by molar-refractivity contribution is 6.30. The lowest BCUT2D eigenvalue weighted by atomic mass is 10.0. The van der Waals surface area contributed by atoms with E-state index in [1.807, 2.05) is 6.07 Å². The number of aryl methyl sites for hydroxylation is 1. The van der Waals surface area contributed by atoms with Gasteiger partial charge < -0.3 is 10.4 Å². The van der Waals surface area contributed by atoms with Crippen LogP contribution in [-0.4, -0.2) is 43.4 Å². The minimum Gasteiger partial charge on any atom is -0.394 e. The molecular weight excluding hydrogens is 378 g/mol. The first-order chi connectivity index (χ1) is 13.5. The average molecular weight is 400 g/mol. The van der Waals surface area contributed by atoms with E-state index < -0.39 is 0 Å². The lowest BCUT2D eigenvalue weighted by Gasteiger charge is -2.14. The zero-order chi connectivity index (χ0) is 20.1. The number of carbonyl (C=O) groups excluding carboxylic acids is 1. The van der Waals surface area contributed by atoms with Gasteiger partial charge in [0.15, 0.2) is 0 Å². The zero-order valence-electron chi connectivity index (χ0n) is 15.8. The molecule has 0 saturated carbocycles. The van der Waals surface area contributed by atoms with Gasteiger partial charge in [-0.1, -0.05) is 18.5 Å². The van der Waals surface area contributed by atoms with Crippen LogP contribution in [0.3, 0.4) is 0 Å². The van der Waals surface area contributed by atoms with Gasteiger partial charge in [0, 0.05) is 29.8 Å². The molecule has 0 aliphatic carbocycles. The Bertz CT molecular complexity index is 955. The summed E-state index contributed by atoms with van der Waals surface area (Å²) in [7, 11) is 0. The maximum Gasteiger partial charge on any atom is 0.251 e. The third kappa shape index (κ3) is 4.55. The van der Waals surface area contributed by atoms with Crippen LogP contribution in [-0.2, 0) is 6.42 Å². The number of carbonyl (C=O) groups is 1. The minimum atomic E-state index is -0.352. The predicted octanol–water partition coefficient (Wildman–Crippen LogP) is 3.05. The van der Waals surface area contributed by atoms with Crippen molar-refractivity contribution in [3.05, 3.63) is 59.3 Å². The molecule has 3 rings (SSSR count). The van der Waals surface area contributed by atoms with Gasteiger partial charge >= 0.3 is 0 Å². The number of aliphatic hydroxyl groups excluding tert-OH is 1. The van der Waals surface area contributed by atoms with Gasteiger partial charge in [0.2, 0.25) is 0 Å². The lowest BCUT2D eigenvalue weighted by molar-refractivity contribution is 0.0922. The van der Waals surface area contributed by atoms with Gasteiger partial charge in [-0.2, -0.15) is 5.10 Å². The quantitative estimate of drug-likeness (QED) is 0.637. The number of pyridine rings is 1. The Morgan fingerprint density at radius 1 is 1.29 bits per heavy atom. The van der Waals surface area contributed by atoms with E-state index in [2.05, 4.69) is 27.3 Å². The number of rotatable bonds is 7. The summed E-state index contributed by atoms with van der Waals surface area (Å²) in [6.45, 7) is 3.67. The molecule has 1 atom stereocenters. The molecule has 0 spiro atoms. The number of amides is 1. The Morgan fingerprint density at radius 2 is 2.11 bits per heavy atom. The van der Waals surface area contributed by atoms with E-state index in [0.717, 1.165) is 29.9 Å². The fraction of sp³-hybridized carbons (Fsp3) is 0.300. The summed E-state index contributed by atoms with van der Waals surface area (Å²) in [5.41, 5.74) is 2.61. The van der Waals surface area contributed by atoms with Gasteiger partial charge in [-0.05, 0) is 43.7 Å². The van der Waals surface area contributed by atoms with Crippen molar-refractivity contribution in [1.82, 2.24) is 25.1 Å². The van der Waals surface area contributed by atoms with Crippen molar-refractivity contribution in [2.45, 2.75) is 32.7 Å². The molecule has 1 unspecified atom stereocenters. The molecular formula is C20H22ClN5O2. The molecule has 3 aromatic rings. The lowest BCUT2D eigenvalue weighted by Crippen LogP contribution is -2.35. The van der Waals surface area contributed by atoms with E-state index in [0.29, 0.717) is 16.3 Å². The summed E-state index contributed by atoms with van der Waals surface area (Å²) in [4.78, 5) is 21.4. The SMILES string of the molecule is CCCc1ncnn1-c1cc(C(=O)NC(C)CO)cc(-c2ccc(Cl)cn2)c1. The number of hydrogen-bond donors (Lipinski definition) is 2. The number of benzene rings is 1. The molecule has 2 N–H and O–H groups in total. The van der Waals surface area contributed by atoms with Crippen LogP contribution in [0.25, 0.3) is 16.9 Å². The summed E-state index contributed by atoms with van der Waals surface area (Å²) in [6.07, 6.45) is 4.77. The monoisotopic (exact) mass is 399 g/mol. The van der Waals surface area contributed by atoms with Gasteiger partial charge in [-0.25, -0.2) is 9.67 Å². The fourth-order valence-electron chi connectivity index (χ4n) is 2.79. The standard InChI is InChI=1S/C20H22ClN5O2/c1-3-4-19-23-12-24-26(19)17-8-14(18-6-5-16(21)10-22-18)7-15(9-17)20(28)25-13(2)11-27/h5-10,12-13,27H,3-4,11H2,1-2H3,(H,25,28). The van der Waals surface area contributed by atoms with E-state index >= 15 is 0 Å². The number of hydrogen-bond acceptors (Lipinski definition) is 5. The summed E-state index contributed by atoms with van der Waals surface area (Å²) >= 11 is 5.95. The summed E-state index contributed by atoms with van der Waals surface area (Å²) < 4.78 is 1.73. The maximum atomic E-state index is 12.7. The average Bonchev–Trinajstić information content (AvgIpc) is 3.16. The second kappa shape index (κ2) is 8.95. The maximum absolute atomic E-state index is 12.7. The summed E-state index contributed by atoms with van der Waals surface area (Å²) in [5, 5.41) is 16.9. The Kier molecular flexibility index (Phi) is 6.38. The van der Waals surface area contributed by atoms with Crippen molar-refractivity contribution in [1.29, 1.82) is 0 Å². The van der Waals surface area contributed by atoms with Crippen molar-refractivity contribution in [3.63, 3.8) is 0 Å². The molecule has 1 amide bonds. The van der Waals surface area contributed by atoms with E-state index in [1.165, 1.54) is 6.33 Å². The van der Waals surface area contributed by atoms with Gasteiger partial charge in [0.05, 0.1) is 23.0 Å². The Balaban J connectivity index is 2.09. The van der Waals surface area contributed by atoms with Crippen LogP contribution in [0.5, 0.6) is 0 Å². The van der Waals surface area contributed by atoms with Crippen molar-refractivity contribution >= 4 is 17.5 Å². The van der Waals surface area contributed by atoms with E-state index in [1.54, 1.807) is 42.1 Å². The van der Waals surface area contributed by atoms with E-state index in [9.17, 15) is 9.90 Å². The molecule has 7 nitrogen and oxygen atoms in total. The van der Waals surface area contributed by atoms with Crippen molar-refractivity contribution < 1.29 is 9.90 Å². The van der Waals surface area contributed by atoms with Crippen molar-refractivity contribution in [2.75, 3.05) is 6.61 Å². The van der Waals surface area contributed by atoms with Crippen LogP contribution in [0, 0.1) is 0 Å². The van der Waals surface area contributed by atoms with Crippen LogP contribution in [0.1, 0.15) is 36.5 Å². The van der Waals surface area contributed by atoms with E-state index in [-0.39, 0.29) is 18.6 Å². The molecule has 0 bridgehead atoms. The highest BCUT2D eigenvalue weighted by Gasteiger charge is 2.15. The van der Waals surface area contributed by atoms with Crippen LogP contribution < -0.4 is 5.32 Å². The summed E-state index contributed by atoms with van der Waals surface area (Å²) in [6, 6.07) is 8.63. The second-order valence-electron chi connectivity index (χ2n) is 6.53. The third-order valence-electron chi connectivity index (χ3n) is 4.19. The highest BCUT2D eigenvalue weighted by atomic mass is 35.5. The molecule has 0 aliphatic rings. The van der Waals surface area contributed by atoms with E-state index in [4.69, 9.17) is 11.6 Å². The molecule has 2 heterocycles. The zero-order valence-corrected chi connectivity index (χ0v) is 16.5. The van der Waals surface area contributed by atoms with Gasteiger partial charge in [-0.3, -0.25) is 9.78 Å². The highest BCUT2D eigenvalue weighted by Crippen LogP contribution is 2.24. The van der Waals surface area contributed by atoms with Gasteiger partial charge in [0.1, 0.15) is 12.2 Å². The molecule has 28 heavy (non-hydrogen) atoms. The topological polar surface area (TPSA) is 92.9 Å². The number of nitrogens with one attached hydrogen (secondary N) is 1. The fourth-order valence-corrected chi connectivity index (χ4v) is 2.90. The Morgan fingerprint density at radius 3 is 2.79 bits per heavy atom. The normalized spacial score (nSPS) is 12.0. The molecule has 0 radical (unpaired) electrons. The number of nitrogens with zero attached hydrogens (tertiary/aromatic N) is 4. The van der Waals surface area contributed by atoms with Gasteiger partial charge in [-0.15, -0.1) is 0 Å². The van der Waals surface area contributed by atoms with Crippen molar-refractivity contribution in [2.24, 2.45) is 0 Å². The molecule has 146 valence electrons. The van der Waals surface area contributed by atoms with Crippen molar-refractivity contribution in [3.8, 4) is 16.9 Å². The first kappa shape index (κ1) is 20.0. The molecule has 0 fully saturated rings. The molecule has 0 saturated heterocycles. The molecule has 2 aromatic heterocycles. The van der Waals surface area contributed by atoms with Crippen LogP contribution in [0.4, 0.5) is 0 Å². The molecule has 0 aliphatic heterocycles. The Hall–Kier alpha value is -2.77. The predicted molar refractivity (Wildman–Crippen MR) is 108 cm³/mol. The minimum absolute atomic E-state index is 0.138. The largest absolute Gasteiger partial charge is 0.394 e. The number of halogens is 1. The van der Waals surface area contributed by atoms with Crippen LogP contribution in [0.15, 0.2) is 42.9 Å². The van der Waals surface area contributed by atoms with Crippen LogP contribution in [0.2, 0.25) is 5.02 Å². The first-order valence-corrected chi connectivity index (χ1v) is 9.47. The smallest absolute Gasteiger partial charge is 0.251 e. The van der Waals surface area contributed by atoms with Gasteiger partial charge in [0.25, 0.3) is 5.91 Å². The second-order valence-corrected chi connectivity index (χ2v) is 6.96. The number of aromatic nitrogens is 4. The first-order valence-electron chi connectivity index (χ1n) is 9.09.